The lowest BCUT2D eigenvalue weighted by Gasteiger charge is -2.21. The van der Waals surface area contributed by atoms with E-state index in [1.54, 1.807) is 0 Å². The number of amides is 1. The monoisotopic (exact) mass is 433 g/mol. The number of hydrogen-bond acceptors (Lipinski definition) is 4. The summed E-state index contributed by atoms with van der Waals surface area (Å²) in [6, 6.07) is 11.5. The van der Waals surface area contributed by atoms with Crippen LogP contribution in [0.5, 0.6) is 17.2 Å². The number of hydrogen-bond donors (Lipinski definition) is 1. The van der Waals surface area contributed by atoms with Crippen LogP contribution in [0.1, 0.15) is 43.9 Å². The molecule has 2 aromatic carbocycles. The van der Waals surface area contributed by atoms with E-state index >= 15 is 0 Å². The second-order valence-corrected chi connectivity index (χ2v) is 7.68. The fourth-order valence-electron chi connectivity index (χ4n) is 2.83. The lowest BCUT2D eigenvalue weighted by atomic mass is 10.0. The normalized spacial score (nSPS) is 14.0. The minimum atomic E-state index is -0.183. The number of ether oxygens (including phenoxy) is 3. The van der Waals surface area contributed by atoms with E-state index < -0.39 is 0 Å². The standard InChI is InChI=1S/C21H24BrNO4/c1-13(2)15-4-6-18(17(22)10-15)27-12-21(24)23-14(3)16-5-7-19-20(11-16)26-9-8-25-19/h4-7,10-11,13-14H,8-9,12H2,1-3H3,(H,23,24)/t14-/m1/s1. The lowest BCUT2D eigenvalue weighted by molar-refractivity contribution is -0.123. The Morgan fingerprint density at radius 3 is 2.48 bits per heavy atom. The molecular weight excluding hydrogens is 410 g/mol. The SMILES string of the molecule is CC(C)c1ccc(OCC(=O)N[C@H](C)c2ccc3c(c2)OCCO3)c(Br)c1. The Morgan fingerprint density at radius 2 is 1.78 bits per heavy atom. The lowest BCUT2D eigenvalue weighted by Crippen LogP contribution is -2.31. The molecule has 0 saturated carbocycles. The molecule has 0 radical (unpaired) electrons. The molecule has 2 aromatic rings. The highest BCUT2D eigenvalue weighted by Crippen LogP contribution is 2.32. The second kappa shape index (κ2) is 8.65. The Bertz CT molecular complexity index is 822. The zero-order chi connectivity index (χ0) is 19.4. The molecule has 27 heavy (non-hydrogen) atoms. The Kier molecular flexibility index (Phi) is 6.26. The summed E-state index contributed by atoms with van der Waals surface area (Å²) in [6.07, 6.45) is 0. The van der Waals surface area contributed by atoms with Crippen LogP contribution in [-0.2, 0) is 4.79 Å². The van der Waals surface area contributed by atoms with Crippen LogP contribution in [0.4, 0.5) is 0 Å². The van der Waals surface area contributed by atoms with Gasteiger partial charge in [0.25, 0.3) is 5.91 Å². The third-order valence-electron chi connectivity index (χ3n) is 4.43. The predicted molar refractivity (Wildman–Crippen MR) is 108 cm³/mol. The number of carbonyl (C=O) groups excluding carboxylic acids is 1. The molecule has 1 amide bonds. The van der Waals surface area contributed by atoms with Gasteiger partial charge in [0.1, 0.15) is 19.0 Å². The summed E-state index contributed by atoms with van der Waals surface area (Å²) in [4.78, 5) is 12.3. The summed E-state index contributed by atoms with van der Waals surface area (Å²) in [7, 11) is 0. The molecule has 3 rings (SSSR count). The van der Waals surface area contributed by atoms with Crippen LogP contribution in [0.2, 0.25) is 0 Å². The quantitative estimate of drug-likeness (QED) is 0.722. The van der Waals surface area contributed by atoms with Crippen molar-refractivity contribution in [3.05, 3.63) is 52.0 Å². The number of fused-ring (bicyclic) bond motifs is 1. The summed E-state index contributed by atoms with van der Waals surface area (Å²) in [5.41, 5.74) is 2.17. The molecule has 1 aliphatic heterocycles. The molecule has 5 nitrogen and oxygen atoms in total. The Hall–Kier alpha value is -2.21. The molecule has 1 aliphatic rings. The van der Waals surface area contributed by atoms with Gasteiger partial charge in [-0.15, -0.1) is 0 Å². The largest absolute Gasteiger partial charge is 0.486 e. The van der Waals surface area contributed by atoms with Crippen LogP contribution in [0.25, 0.3) is 0 Å². The van der Waals surface area contributed by atoms with Crippen molar-refractivity contribution in [2.75, 3.05) is 19.8 Å². The maximum Gasteiger partial charge on any atom is 0.258 e. The zero-order valence-electron chi connectivity index (χ0n) is 15.8. The molecule has 144 valence electrons. The highest BCUT2D eigenvalue weighted by Gasteiger charge is 2.16. The van der Waals surface area contributed by atoms with Gasteiger partial charge in [-0.2, -0.15) is 0 Å². The van der Waals surface area contributed by atoms with E-state index in [1.807, 2.05) is 43.3 Å². The van der Waals surface area contributed by atoms with E-state index in [4.69, 9.17) is 14.2 Å². The molecule has 0 aromatic heterocycles. The molecular formula is C21H24BrNO4. The third-order valence-corrected chi connectivity index (χ3v) is 5.04. The molecule has 0 fully saturated rings. The summed E-state index contributed by atoms with van der Waals surface area (Å²) in [6.45, 7) is 7.24. The van der Waals surface area contributed by atoms with Gasteiger partial charge in [-0.25, -0.2) is 0 Å². The highest BCUT2D eigenvalue weighted by atomic mass is 79.9. The van der Waals surface area contributed by atoms with Gasteiger partial charge < -0.3 is 19.5 Å². The van der Waals surface area contributed by atoms with Gasteiger partial charge in [0.2, 0.25) is 0 Å². The molecule has 1 heterocycles. The smallest absolute Gasteiger partial charge is 0.258 e. The second-order valence-electron chi connectivity index (χ2n) is 6.83. The first-order valence-corrected chi connectivity index (χ1v) is 9.84. The molecule has 1 N–H and O–H groups in total. The minimum Gasteiger partial charge on any atom is -0.486 e. The molecule has 0 spiro atoms. The maximum absolute atomic E-state index is 12.3. The van der Waals surface area contributed by atoms with Gasteiger partial charge in [0.15, 0.2) is 18.1 Å². The van der Waals surface area contributed by atoms with Crippen molar-refractivity contribution in [1.82, 2.24) is 5.32 Å². The third kappa shape index (κ3) is 4.95. The van der Waals surface area contributed by atoms with Gasteiger partial charge in [-0.3, -0.25) is 4.79 Å². The Morgan fingerprint density at radius 1 is 1.07 bits per heavy atom. The van der Waals surface area contributed by atoms with Crippen LogP contribution in [-0.4, -0.2) is 25.7 Å². The van der Waals surface area contributed by atoms with Crippen LogP contribution in [0, 0.1) is 0 Å². The predicted octanol–water partition coefficient (Wildman–Crippen LogP) is 4.60. The molecule has 0 aliphatic carbocycles. The molecule has 0 unspecified atom stereocenters. The number of rotatable bonds is 6. The van der Waals surface area contributed by atoms with Crippen LogP contribution >= 0.6 is 15.9 Å². The molecule has 0 saturated heterocycles. The molecule has 1 atom stereocenters. The van der Waals surface area contributed by atoms with Crippen molar-refractivity contribution < 1.29 is 19.0 Å². The topological polar surface area (TPSA) is 56.8 Å². The van der Waals surface area contributed by atoms with Crippen LogP contribution < -0.4 is 19.5 Å². The van der Waals surface area contributed by atoms with Crippen molar-refractivity contribution in [2.45, 2.75) is 32.7 Å². The Labute approximate surface area is 168 Å². The van der Waals surface area contributed by atoms with E-state index in [-0.39, 0.29) is 18.6 Å². The highest BCUT2D eigenvalue weighted by molar-refractivity contribution is 9.10. The average Bonchev–Trinajstić information content (AvgIpc) is 2.66. The zero-order valence-corrected chi connectivity index (χ0v) is 17.3. The van der Waals surface area contributed by atoms with E-state index in [1.165, 1.54) is 5.56 Å². The van der Waals surface area contributed by atoms with Gasteiger partial charge in [-0.05, 0) is 64.2 Å². The van der Waals surface area contributed by atoms with Crippen LogP contribution in [0.15, 0.2) is 40.9 Å². The number of benzene rings is 2. The van der Waals surface area contributed by atoms with Crippen molar-refractivity contribution in [1.29, 1.82) is 0 Å². The van der Waals surface area contributed by atoms with Gasteiger partial charge in [0.05, 0.1) is 10.5 Å². The van der Waals surface area contributed by atoms with Crippen molar-refractivity contribution in [3.63, 3.8) is 0 Å². The van der Waals surface area contributed by atoms with E-state index in [0.717, 1.165) is 15.8 Å². The van der Waals surface area contributed by atoms with Crippen molar-refractivity contribution >= 4 is 21.8 Å². The summed E-state index contributed by atoms with van der Waals surface area (Å²) in [5.74, 6) is 2.36. The minimum absolute atomic E-state index is 0.0471. The summed E-state index contributed by atoms with van der Waals surface area (Å²) >= 11 is 3.51. The van der Waals surface area contributed by atoms with Crippen LogP contribution in [0.3, 0.4) is 0 Å². The molecule has 6 heteroatoms. The average molecular weight is 434 g/mol. The first-order chi connectivity index (χ1) is 12.9. The maximum atomic E-state index is 12.3. The summed E-state index contributed by atoms with van der Waals surface area (Å²) in [5, 5.41) is 2.95. The number of carbonyl (C=O) groups is 1. The van der Waals surface area contributed by atoms with Gasteiger partial charge in [-0.1, -0.05) is 26.0 Å². The fourth-order valence-corrected chi connectivity index (χ4v) is 3.34. The van der Waals surface area contributed by atoms with Crippen molar-refractivity contribution in [2.24, 2.45) is 0 Å². The Balaban J connectivity index is 1.56. The van der Waals surface area contributed by atoms with E-state index in [2.05, 4.69) is 35.1 Å². The fraction of sp³-hybridized carbons (Fsp3) is 0.381. The van der Waals surface area contributed by atoms with Crippen molar-refractivity contribution in [3.8, 4) is 17.2 Å². The van der Waals surface area contributed by atoms with Gasteiger partial charge >= 0.3 is 0 Å². The summed E-state index contributed by atoms with van der Waals surface area (Å²) < 4.78 is 17.6. The van der Waals surface area contributed by atoms with Gasteiger partial charge in [0, 0.05) is 0 Å². The number of nitrogens with one attached hydrogen (secondary N) is 1. The van der Waals surface area contributed by atoms with E-state index in [9.17, 15) is 4.79 Å². The first kappa shape index (κ1) is 19.5. The van der Waals surface area contributed by atoms with E-state index in [0.29, 0.717) is 30.6 Å². The first-order valence-electron chi connectivity index (χ1n) is 9.05. The molecule has 0 bridgehead atoms. The number of halogens is 1.